The zero-order valence-corrected chi connectivity index (χ0v) is 14.9. The molecule has 0 fully saturated rings. The standard InChI is InChI=1S/C19H25N5O/c1-3-19-21-11-17(12-22-19)13-24(14-18-6-5-16(2)25-18)9-4-8-23-10-7-20-15-23/h5-7,10-12,15H,3-4,8-9,13-14H2,1-2H3. The number of imidazole rings is 1. The molecule has 0 saturated heterocycles. The van der Waals surface area contributed by atoms with Gasteiger partial charge in [0.15, 0.2) is 0 Å². The molecule has 6 heteroatoms. The van der Waals surface area contributed by atoms with Crippen LogP contribution in [0.5, 0.6) is 0 Å². The summed E-state index contributed by atoms with van der Waals surface area (Å²) < 4.78 is 7.86. The van der Waals surface area contributed by atoms with Crippen LogP contribution in [0, 0.1) is 6.92 Å². The largest absolute Gasteiger partial charge is 0.465 e. The molecule has 0 atom stereocenters. The Hall–Kier alpha value is -2.47. The average Bonchev–Trinajstić information content (AvgIpc) is 3.27. The van der Waals surface area contributed by atoms with Crippen LogP contribution in [0.3, 0.4) is 0 Å². The van der Waals surface area contributed by atoms with Crippen LogP contribution in [0.1, 0.15) is 36.3 Å². The minimum absolute atomic E-state index is 0.785. The lowest BCUT2D eigenvalue weighted by molar-refractivity contribution is 0.227. The highest BCUT2D eigenvalue weighted by atomic mass is 16.3. The number of furan rings is 1. The van der Waals surface area contributed by atoms with Crippen molar-refractivity contribution in [3.05, 3.63) is 66.2 Å². The monoisotopic (exact) mass is 339 g/mol. The van der Waals surface area contributed by atoms with E-state index in [1.54, 1.807) is 0 Å². The Bertz CT molecular complexity index is 748. The second-order valence-electron chi connectivity index (χ2n) is 6.24. The predicted octanol–water partition coefficient (Wildman–Crippen LogP) is 3.23. The molecule has 0 aliphatic rings. The molecule has 0 amide bonds. The molecule has 0 radical (unpaired) electrons. The fraction of sp³-hybridized carbons (Fsp3) is 0.421. The maximum absolute atomic E-state index is 5.75. The van der Waals surface area contributed by atoms with Gasteiger partial charge in [0, 0.05) is 56.4 Å². The van der Waals surface area contributed by atoms with Gasteiger partial charge in [0.05, 0.1) is 12.9 Å². The van der Waals surface area contributed by atoms with Crippen molar-refractivity contribution in [3.63, 3.8) is 0 Å². The summed E-state index contributed by atoms with van der Waals surface area (Å²) >= 11 is 0. The number of aryl methyl sites for hydroxylation is 3. The van der Waals surface area contributed by atoms with Crippen molar-refractivity contribution in [2.24, 2.45) is 0 Å². The zero-order chi connectivity index (χ0) is 17.5. The molecule has 3 aromatic rings. The van der Waals surface area contributed by atoms with Gasteiger partial charge in [-0.25, -0.2) is 15.0 Å². The Morgan fingerprint density at radius 3 is 2.64 bits per heavy atom. The molecule has 6 nitrogen and oxygen atoms in total. The van der Waals surface area contributed by atoms with Gasteiger partial charge in [-0.1, -0.05) is 6.92 Å². The fourth-order valence-corrected chi connectivity index (χ4v) is 2.80. The van der Waals surface area contributed by atoms with Crippen molar-refractivity contribution < 1.29 is 4.42 Å². The van der Waals surface area contributed by atoms with E-state index in [0.29, 0.717) is 0 Å². The van der Waals surface area contributed by atoms with Crippen molar-refractivity contribution in [2.45, 2.75) is 46.3 Å². The lowest BCUT2D eigenvalue weighted by atomic mass is 10.2. The highest BCUT2D eigenvalue weighted by Gasteiger charge is 2.10. The Balaban J connectivity index is 1.61. The van der Waals surface area contributed by atoms with Gasteiger partial charge in [0.1, 0.15) is 17.3 Å². The molecule has 25 heavy (non-hydrogen) atoms. The van der Waals surface area contributed by atoms with E-state index >= 15 is 0 Å². The molecule has 0 saturated carbocycles. The van der Waals surface area contributed by atoms with E-state index in [4.69, 9.17) is 4.42 Å². The van der Waals surface area contributed by atoms with Crippen LogP contribution in [-0.2, 0) is 26.1 Å². The minimum atomic E-state index is 0.785. The van der Waals surface area contributed by atoms with Gasteiger partial charge in [-0.2, -0.15) is 0 Å². The summed E-state index contributed by atoms with van der Waals surface area (Å²) in [5, 5.41) is 0. The number of nitrogens with zero attached hydrogens (tertiary/aromatic N) is 5. The van der Waals surface area contributed by atoms with Crippen LogP contribution in [-0.4, -0.2) is 31.0 Å². The molecular weight excluding hydrogens is 314 g/mol. The lowest BCUT2D eigenvalue weighted by Gasteiger charge is -2.21. The van der Waals surface area contributed by atoms with Gasteiger partial charge >= 0.3 is 0 Å². The fourth-order valence-electron chi connectivity index (χ4n) is 2.80. The van der Waals surface area contributed by atoms with Crippen molar-refractivity contribution in [2.75, 3.05) is 6.54 Å². The van der Waals surface area contributed by atoms with Gasteiger partial charge in [-0.05, 0) is 25.5 Å². The lowest BCUT2D eigenvalue weighted by Crippen LogP contribution is -2.25. The van der Waals surface area contributed by atoms with Gasteiger partial charge in [-0.3, -0.25) is 4.90 Å². The van der Waals surface area contributed by atoms with Crippen LogP contribution in [0.4, 0.5) is 0 Å². The third-order valence-electron chi connectivity index (χ3n) is 4.11. The Morgan fingerprint density at radius 1 is 1.16 bits per heavy atom. The molecule has 0 aromatic carbocycles. The van der Waals surface area contributed by atoms with Gasteiger partial charge in [0.2, 0.25) is 0 Å². The van der Waals surface area contributed by atoms with Crippen LogP contribution in [0.25, 0.3) is 0 Å². The first-order chi connectivity index (χ1) is 12.2. The van der Waals surface area contributed by atoms with Crippen molar-refractivity contribution in [1.29, 1.82) is 0 Å². The Morgan fingerprint density at radius 2 is 2.00 bits per heavy atom. The summed E-state index contributed by atoms with van der Waals surface area (Å²) in [6.07, 6.45) is 11.4. The summed E-state index contributed by atoms with van der Waals surface area (Å²) in [5.41, 5.74) is 1.13. The highest BCUT2D eigenvalue weighted by molar-refractivity contribution is 5.08. The van der Waals surface area contributed by atoms with Crippen molar-refractivity contribution in [1.82, 2.24) is 24.4 Å². The SMILES string of the molecule is CCc1ncc(CN(CCCn2ccnc2)Cc2ccc(C)o2)cn1. The van der Waals surface area contributed by atoms with Gasteiger partial charge in [-0.15, -0.1) is 0 Å². The summed E-state index contributed by atoms with van der Waals surface area (Å²) in [6.45, 7) is 7.56. The number of rotatable bonds is 9. The van der Waals surface area contributed by atoms with E-state index in [0.717, 1.165) is 61.9 Å². The molecule has 132 valence electrons. The van der Waals surface area contributed by atoms with Crippen LogP contribution < -0.4 is 0 Å². The number of aromatic nitrogens is 4. The van der Waals surface area contributed by atoms with Crippen molar-refractivity contribution in [3.8, 4) is 0 Å². The maximum Gasteiger partial charge on any atom is 0.127 e. The zero-order valence-electron chi connectivity index (χ0n) is 14.9. The van der Waals surface area contributed by atoms with E-state index in [1.165, 1.54) is 0 Å². The second-order valence-corrected chi connectivity index (χ2v) is 6.24. The molecule has 0 aliphatic carbocycles. The second kappa shape index (κ2) is 8.58. The molecule has 0 spiro atoms. The minimum Gasteiger partial charge on any atom is -0.465 e. The molecule has 0 unspecified atom stereocenters. The smallest absolute Gasteiger partial charge is 0.127 e. The van der Waals surface area contributed by atoms with Crippen LogP contribution in [0.2, 0.25) is 0 Å². The third kappa shape index (κ3) is 5.26. The summed E-state index contributed by atoms with van der Waals surface area (Å²) in [6, 6.07) is 4.06. The average molecular weight is 339 g/mol. The Kier molecular flexibility index (Phi) is 5.95. The molecule has 0 bridgehead atoms. The molecule has 3 heterocycles. The molecule has 3 rings (SSSR count). The summed E-state index contributed by atoms with van der Waals surface area (Å²) in [4.78, 5) is 15.3. The van der Waals surface area contributed by atoms with Crippen LogP contribution >= 0.6 is 0 Å². The quantitative estimate of drug-likeness (QED) is 0.599. The van der Waals surface area contributed by atoms with Gasteiger partial charge in [0.25, 0.3) is 0 Å². The molecule has 3 aromatic heterocycles. The van der Waals surface area contributed by atoms with E-state index in [9.17, 15) is 0 Å². The third-order valence-corrected chi connectivity index (χ3v) is 4.11. The first-order valence-corrected chi connectivity index (χ1v) is 8.76. The van der Waals surface area contributed by atoms with E-state index in [2.05, 4.69) is 37.4 Å². The first-order valence-electron chi connectivity index (χ1n) is 8.76. The summed E-state index contributed by atoms with van der Waals surface area (Å²) in [7, 11) is 0. The molecular formula is C19H25N5O. The predicted molar refractivity (Wildman–Crippen MR) is 95.8 cm³/mol. The molecule has 0 N–H and O–H groups in total. The van der Waals surface area contributed by atoms with E-state index < -0.39 is 0 Å². The van der Waals surface area contributed by atoms with Gasteiger partial charge < -0.3 is 8.98 Å². The normalized spacial score (nSPS) is 11.3. The highest BCUT2D eigenvalue weighted by Crippen LogP contribution is 2.13. The first kappa shape index (κ1) is 17.4. The van der Waals surface area contributed by atoms with Crippen molar-refractivity contribution >= 4 is 0 Å². The summed E-state index contributed by atoms with van der Waals surface area (Å²) in [5.74, 6) is 2.83. The van der Waals surface area contributed by atoms with E-state index in [1.807, 2.05) is 44.1 Å². The number of hydrogen-bond acceptors (Lipinski definition) is 5. The maximum atomic E-state index is 5.75. The topological polar surface area (TPSA) is 60.0 Å². The Labute approximate surface area is 148 Å². The molecule has 0 aliphatic heterocycles. The number of hydrogen-bond donors (Lipinski definition) is 0. The van der Waals surface area contributed by atoms with Crippen LogP contribution in [0.15, 0.2) is 47.7 Å². The van der Waals surface area contributed by atoms with E-state index in [-0.39, 0.29) is 0 Å².